The van der Waals surface area contributed by atoms with Gasteiger partial charge in [-0.05, 0) is 32.4 Å². The Bertz CT molecular complexity index is 120. The van der Waals surface area contributed by atoms with Gasteiger partial charge in [0.05, 0.1) is 0 Å². The van der Waals surface area contributed by atoms with Crippen LogP contribution in [0.1, 0.15) is 33.6 Å². The maximum Gasteiger partial charge on any atom is 0.0118 e. The van der Waals surface area contributed by atoms with E-state index in [0.717, 1.165) is 18.9 Å². The fourth-order valence-corrected chi connectivity index (χ4v) is 1.80. The number of hydrogen-bond donors (Lipinski definition) is 0. The van der Waals surface area contributed by atoms with Crippen LogP contribution < -0.4 is 0 Å². The van der Waals surface area contributed by atoms with Crippen molar-refractivity contribution in [2.24, 2.45) is 5.92 Å². The van der Waals surface area contributed by atoms with Crippen LogP contribution in [0.4, 0.5) is 0 Å². The van der Waals surface area contributed by atoms with Gasteiger partial charge in [-0.15, -0.1) is 6.58 Å². The van der Waals surface area contributed by atoms with Crippen LogP contribution in [0.25, 0.3) is 0 Å². The number of rotatable bonds is 6. The topological polar surface area (TPSA) is 3.24 Å². The van der Waals surface area contributed by atoms with Gasteiger partial charge in [-0.1, -0.05) is 26.8 Å². The third-order valence-corrected chi connectivity index (χ3v) is 2.68. The van der Waals surface area contributed by atoms with Crippen molar-refractivity contribution in [1.82, 2.24) is 4.90 Å². The smallest absolute Gasteiger partial charge is 0.0118 e. The highest BCUT2D eigenvalue weighted by Crippen LogP contribution is 2.16. The molecule has 0 aromatic heterocycles. The normalized spacial score (nSPS) is 16.1. The van der Waals surface area contributed by atoms with Gasteiger partial charge in [-0.2, -0.15) is 0 Å². The van der Waals surface area contributed by atoms with Crippen molar-refractivity contribution in [3.8, 4) is 0 Å². The van der Waals surface area contributed by atoms with Gasteiger partial charge >= 0.3 is 0 Å². The van der Waals surface area contributed by atoms with E-state index in [1.54, 1.807) is 0 Å². The van der Waals surface area contributed by atoms with E-state index in [2.05, 4.69) is 39.3 Å². The highest BCUT2D eigenvalue weighted by molar-refractivity contribution is 4.79. The van der Waals surface area contributed by atoms with Crippen molar-refractivity contribution in [2.75, 3.05) is 13.6 Å². The van der Waals surface area contributed by atoms with Crippen LogP contribution in [0.15, 0.2) is 12.7 Å². The summed E-state index contributed by atoms with van der Waals surface area (Å²) < 4.78 is 0. The van der Waals surface area contributed by atoms with Crippen LogP contribution in [0.2, 0.25) is 0 Å². The van der Waals surface area contributed by atoms with Gasteiger partial charge in [0.1, 0.15) is 0 Å². The van der Waals surface area contributed by atoms with Crippen LogP contribution in [-0.2, 0) is 0 Å². The maximum atomic E-state index is 3.78. The van der Waals surface area contributed by atoms with E-state index in [4.69, 9.17) is 0 Å². The Morgan fingerprint density at radius 3 is 2.33 bits per heavy atom. The van der Waals surface area contributed by atoms with Crippen molar-refractivity contribution in [3.63, 3.8) is 0 Å². The molecule has 0 saturated heterocycles. The third-order valence-electron chi connectivity index (χ3n) is 2.68. The second-order valence-corrected chi connectivity index (χ2v) is 3.55. The Labute approximate surface area is 77.5 Å². The van der Waals surface area contributed by atoms with Crippen LogP contribution in [0.3, 0.4) is 0 Å². The average Bonchev–Trinajstić information content (AvgIpc) is 2.06. The van der Waals surface area contributed by atoms with Crippen molar-refractivity contribution >= 4 is 0 Å². The Morgan fingerprint density at radius 2 is 2.00 bits per heavy atom. The first-order valence-corrected chi connectivity index (χ1v) is 4.98. The molecule has 0 aromatic rings. The minimum absolute atomic E-state index is 0.716. The average molecular weight is 169 g/mol. The zero-order chi connectivity index (χ0) is 9.56. The first-order valence-electron chi connectivity index (χ1n) is 4.98. The second-order valence-electron chi connectivity index (χ2n) is 3.55. The molecule has 72 valence electrons. The summed E-state index contributed by atoms with van der Waals surface area (Å²) in [5.41, 5.74) is 0. The molecule has 1 nitrogen and oxygen atoms in total. The highest BCUT2D eigenvalue weighted by atomic mass is 15.1. The zero-order valence-electron chi connectivity index (χ0n) is 9.01. The molecule has 12 heavy (non-hydrogen) atoms. The van der Waals surface area contributed by atoms with E-state index in [1.165, 1.54) is 6.42 Å². The fraction of sp³-hybridized carbons (Fsp3) is 0.818. The van der Waals surface area contributed by atoms with Crippen LogP contribution >= 0.6 is 0 Å². The molecule has 0 rings (SSSR count). The van der Waals surface area contributed by atoms with E-state index >= 15 is 0 Å². The Balaban J connectivity index is 4.02. The Morgan fingerprint density at radius 1 is 1.42 bits per heavy atom. The van der Waals surface area contributed by atoms with Gasteiger partial charge in [0.2, 0.25) is 0 Å². The number of hydrogen-bond acceptors (Lipinski definition) is 1. The second kappa shape index (κ2) is 6.24. The van der Waals surface area contributed by atoms with Crippen LogP contribution in [0.5, 0.6) is 0 Å². The molecule has 0 spiro atoms. The third kappa shape index (κ3) is 3.40. The van der Waals surface area contributed by atoms with Gasteiger partial charge in [0.25, 0.3) is 0 Å². The molecule has 2 unspecified atom stereocenters. The van der Waals surface area contributed by atoms with E-state index < -0.39 is 0 Å². The number of allylic oxidation sites excluding steroid dienone is 1. The first kappa shape index (κ1) is 11.7. The molecular formula is C11H23N. The van der Waals surface area contributed by atoms with Crippen molar-refractivity contribution < 1.29 is 0 Å². The predicted octanol–water partition coefficient (Wildman–Crippen LogP) is 2.93. The first-order chi connectivity index (χ1) is 5.67. The van der Waals surface area contributed by atoms with Crippen molar-refractivity contribution in [2.45, 2.75) is 39.7 Å². The summed E-state index contributed by atoms with van der Waals surface area (Å²) in [7, 11) is 2.20. The molecule has 0 aliphatic carbocycles. The van der Waals surface area contributed by atoms with Crippen molar-refractivity contribution in [3.05, 3.63) is 12.7 Å². The predicted molar refractivity (Wildman–Crippen MR) is 56.4 cm³/mol. The SMILES string of the molecule is C=CCC(C)C(CC)N(C)CC. The molecule has 0 saturated carbocycles. The molecule has 0 bridgehead atoms. The summed E-state index contributed by atoms with van der Waals surface area (Å²) in [4.78, 5) is 2.42. The molecule has 0 fully saturated rings. The van der Waals surface area contributed by atoms with Crippen LogP contribution in [0, 0.1) is 5.92 Å². The standard InChI is InChI=1S/C11H23N/c1-6-9-10(4)11(7-2)12(5)8-3/h6,10-11H,1,7-9H2,2-5H3. The summed E-state index contributed by atoms with van der Waals surface area (Å²) in [6, 6.07) is 0.716. The lowest BCUT2D eigenvalue weighted by atomic mass is 9.95. The summed E-state index contributed by atoms with van der Waals surface area (Å²) in [5.74, 6) is 0.734. The Kier molecular flexibility index (Phi) is 6.09. The molecule has 0 aliphatic heterocycles. The largest absolute Gasteiger partial charge is 0.303 e. The molecule has 2 atom stereocenters. The minimum Gasteiger partial charge on any atom is -0.303 e. The number of nitrogens with zero attached hydrogens (tertiary/aromatic N) is 1. The zero-order valence-corrected chi connectivity index (χ0v) is 9.01. The molecule has 0 amide bonds. The fourth-order valence-electron chi connectivity index (χ4n) is 1.80. The molecule has 0 aliphatic rings. The monoisotopic (exact) mass is 169 g/mol. The quantitative estimate of drug-likeness (QED) is 0.553. The lowest BCUT2D eigenvalue weighted by molar-refractivity contribution is 0.186. The Hall–Kier alpha value is -0.300. The highest BCUT2D eigenvalue weighted by Gasteiger charge is 2.17. The maximum absolute atomic E-state index is 3.78. The van der Waals surface area contributed by atoms with Gasteiger partial charge in [-0.25, -0.2) is 0 Å². The lowest BCUT2D eigenvalue weighted by Crippen LogP contribution is -2.36. The van der Waals surface area contributed by atoms with E-state index in [1.807, 2.05) is 6.08 Å². The van der Waals surface area contributed by atoms with Gasteiger partial charge < -0.3 is 4.90 Å². The summed E-state index contributed by atoms with van der Waals surface area (Å²) >= 11 is 0. The summed E-state index contributed by atoms with van der Waals surface area (Å²) in [6.07, 6.45) is 4.39. The van der Waals surface area contributed by atoms with Gasteiger partial charge in [-0.3, -0.25) is 0 Å². The van der Waals surface area contributed by atoms with E-state index in [-0.39, 0.29) is 0 Å². The van der Waals surface area contributed by atoms with Gasteiger partial charge in [0.15, 0.2) is 0 Å². The van der Waals surface area contributed by atoms with E-state index in [0.29, 0.717) is 6.04 Å². The van der Waals surface area contributed by atoms with Gasteiger partial charge in [0, 0.05) is 6.04 Å². The molecule has 0 heterocycles. The minimum atomic E-state index is 0.716. The van der Waals surface area contributed by atoms with E-state index in [9.17, 15) is 0 Å². The van der Waals surface area contributed by atoms with Crippen molar-refractivity contribution in [1.29, 1.82) is 0 Å². The summed E-state index contributed by atoms with van der Waals surface area (Å²) in [5, 5.41) is 0. The van der Waals surface area contributed by atoms with Crippen LogP contribution in [-0.4, -0.2) is 24.5 Å². The molecule has 0 aromatic carbocycles. The molecular weight excluding hydrogens is 146 g/mol. The lowest BCUT2D eigenvalue weighted by Gasteiger charge is -2.30. The summed E-state index contributed by atoms with van der Waals surface area (Å²) in [6.45, 7) is 11.7. The molecule has 1 heteroatoms. The molecule has 0 radical (unpaired) electrons. The molecule has 0 N–H and O–H groups in total.